The largest absolute Gasteiger partial charge is 0.411 e. The summed E-state index contributed by atoms with van der Waals surface area (Å²) in [5.74, 6) is 0.714. The summed E-state index contributed by atoms with van der Waals surface area (Å²) in [6.45, 7) is 1.02. The second-order valence-electron chi connectivity index (χ2n) is 4.44. The van der Waals surface area contributed by atoms with Gasteiger partial charge in [0.2, 0.25) is 5.95 Å². The highest BCUT2D eigenvalue weighted by molar-refractivity contribution is 5.30. The topological polar surface area (TPSA) is 39.1 Å². The molecule has 1 saturated carbocycles. The normalized spacial score (nSPS) is 16.0. The zero-order chi connectivity index (χ0) is 13.2. The number of alkyl halides is 3. The van der Waals surface area contributed by atoms with Gasteiger partial charge in [-0.1, -0.05) is 0 Å². The van der Waals surface area contributed by atoms with E-state index >= 15 is 0 Å². The fourth-order valence-corrected chi connectivity index (χ4v) is 1.70. The lowest BCUT2D eigenvalue weighted by Gasteiger charge is -2.10. The zero-order valence-electron chi connectivity index (χ0n) is 10.1. The first-order valence-corrected chi connectivity index (χ1v) is 5.89. The molecule has 1 N–H and O–H groups in total. The number of imidazole rings is 1. The Balaban J connectivity index is 1.73. The molecule has 7 heteroatoms. The van der Waals surface area contributed by atoms with E-state index in [1.165, 1.54) is 0 Å². The summed E-state index contributed by atoms with van der Waals surface area (Å²) in [6.07, 6.45) is -0.0379. The van der Waals surface area contributed by atoms with Crippen LogP contribution in [0.5, 0.6) is 0 Å². The van der Waals surface area contributed by atoms with E-state index in [2.05, 4.69) is 15.0 Å². The van der Waals surface area contributed by atoms with Crippen molar-refractivity contribution in [3.8, 4) is 0 Å². The summed E-state index contributed by atoms with van der Waals surface area (Å²) >= 11 is 0. The van der Waals surface area contributed by atoms with Crippen LogP contribution in [0.25, 0.3) is 0 Å². The average Bonchev–Trinajstić information content (AvgIpc) is 3.01. The fourth-order valence-electron chi connectivity index (χ4n) is 1.70. The van der Waals surface area contributed by atoms with Crippen molar-refractivity contribution in [1.29, 1.82) is 0 Å². The Labute approximate surface area is 103 Å². The van der Waals surface area contributed by atoms with E-state index < -0.39 is 12.8 Å². The number of hydrogen-bond donors (Lipinski definition) is 1. The van der Waals surface area contributed by atoms with Gasteiger partial charge in [0.15, 0.2) is 0 Å². The van der Waals surface area contributed by atoms with E-state index in [9.17, 15) is 13.2 Å². The molecule has 1 aromatic rings. The Hall–Kier alpha value is -1.24. The molecule has 1 aromatic heterocycles. The third-order valence-electron chi connectivity index (χ3n) is 2.59. The van der Waals surface area contributed by atoms with Crippen molar-refractivity contribution in [2.45, 2.75) is 32.0 Å². The number of halogens is 3. The number of hydrogen-bond acceptors (Lipinski definition) is 3. The molecule has 0 amide bonds. The molecule has 1 heterocycles. The van der Waals surface area contributed by atoms with Crippen LogP contribution in [-0.4, -0.2) is 35.5 Å². The minimum absolute atomic E-state index is 0.0100. The quantitative estimate of drug-likeness (QED) is 0.801. The molecule has 0 aliphatic heterocycles. The Kier molecular flexibility index (Phi) is 3.79. The highest BCUT2D eigenvalue weighted by atomic mass is 19.4. The van der Waals surface area contributed by atoms with Crippen molar-refractivity contribution < 1.29 is 17.9 Å². The Morgan fingerprint density at radius 3 is 2.83 bits per heavy atom. The molecule has 0 spiro atoms. The highest BCUT2D eigenvalue weighted by Crippen LogP contribution is 2.37. The van der Waals surface area contributed by atoms with Gasteiger partial charge in [0.1, 0.15) is 6.61 Å². The summed E-state index contributed by atoms with van der Waals surface area (Å²) in [5.41, 5.74) is 0.903. The lowest BCUT2D eigenvalue weighted by molar-refractivity contribution is -0.172. The number of aromatic nitrogens is 2. The molecule has 1 fully saturated rings. The van der Waals surface area contributed by atoms with Crippen molar-refractivity contribution in [2.75, 3.05) is 25.1 Å². The maximum atomic E-state index is 11.8. The lowest BCUT2D eigenvalue weighted by atomic mass is 10.5. The van der Waals surface area contributed by atoms with Crippen molar-refractivity contribution in [1.82, 2.24) is 9.55 Å². The third-order valence-corrected chi connectivity index (χ3v) is 2.59. The maximum Gasteiger partial charge on any atom is 0.411 e. The van der Waals surface area contributed by atoms with Crippen LogP contribution < -0.4 is 5.32 Å². The summed E-state index contributed by atoms with van der Waals surface area (Å²) in [7, 11) is 0. The average molecular weight is 263 g/mol. The number of nitrogens with one attached hydrogen (secondary N) is 1. The number of rotatable bonds is 6. The minimum atomic E-state index is -4.26. The van der Waals surface area contributed by atoms with Gasteiger partial charge in [0.05, 0.1) is 12.3 Å². The Bertz CT molecular complexity index is 399. The molecule has 0 unspecified atom stereocenters. The molecule has 0 aromatic carbocycles. The van der Waals surface area contributed by atoms with Crippen molar-refractivity contribution >= 4 is 5.95 Å². The second kappa shape index (κ2) is 5.17. The van der Waals surface area contributed by atoms with Crippen molar-refractivity contribution in [3.05, 3.63) is 11.9 Å². The van der Waals surface area contributed by atoms with Crippen LogP contribution in [0.1, 0.15) is 24.6 Å². The summed E-state index contributed by atoms with van der Waals surface area (Å²) in [4.78, 5) is 4.29. The van der Waals surface area contributed by atoms with Crippen LogP contribution in [0.3, 0.4) is 0 Å². The number of anilines is 1. The van der Waals surface area contributed by atoms with E-state index in [1.807, 2.05) is 17.7 Å². The van der Waals surface area contributed by atoms with Gasteiger partial charge in [0.25, 0.3) is 0 Å². The molecule has 4 nitrogen and oxygen atoms in total. The van der Waals surface area contributed by atoms with Crippen LogP contribution in [0, 0.1) is 6.92 Å². The first kappa shape index (κ1) is 13.2. The van der Waals surface area contributed by atoms with E-state index in [0.717, 1.165) is 18.5 Å². The van der Waals surface area contributed by atoms with E-state index in [-0.39, 0.29) is 6.61 Å². The number of aryl methyl sites for hydroxylation is 1. The van der Waals surface area contributed by atoms with Gasteiger partial charge < -0.3 is 14.6 Å². The van der Waals surface area contributed by atoms with Gasteiger partial charge in [-0.2, -0.15) is 13.2 Å². The first-order valence-electron chi connectivity index (χ1n) is 5.89. The molecule has 1 aliphatic rings. The van der Waals surface area contributed by atoms with Crippen LogP contribution in [0.15, 0.2) is 6.20 Å². The monoisotopic (exact) mass is 263 g/mol. The molecule has 0 bridgehead atoms. The molecule has 102 valence electrons. The predicted molar refractivity (Wildman–Crippen MR) is 60.6 cm³/mol. The third kappa shape index (κ3) is 3.90. The van der Waals surface area contributed by atoms with Crippen LogP contribution in [-0.2, 0) is 4.74 Å². The summed E-state index contributed by atoms with van der Waals surface area (Å²) in [5, 5.41) is 3.00. The molecule has 2 rings (SSSR count). The van der Waals surface area contributed by atoms with Crippen LogP contribution in [0.4, 0.5) is 19.1 Å². The van der Waals surface area contributed by atoms with E-state index in [0.29, 0.717) is 18.5 Å². The molecule has 1 aliphatic carbocycles. The van der Waals surface area contributed by atoms with Gasteiger partial charge in [-0.15, -0.1) is 0 Å². The lowest BCUT2D eigenvalue weighted by Crippen LogP contribution is -2.20. The second-order valence-corrected chi connectivity index (χ2v) is 4.44. The number of ether oxygens (including phenoxy) is 1. The van der Waals surface area contributed by atoms with Gasteiger partial charge in [-0.25, -0.2) is 4.98 Å². The Morgan fingerprint density at radius 2 is 2.22 bits per heavy atom. The summed E-state index contributed by atoms with van der Waals surface area (Å²) in [6, 6.07) is 0.491. The summed E-state index contributed by atoms with van der Waals surface area (Å²) < 4.78 is 42.0. The maximum absolute atomic E-state index is 11.8. The zero-order valence-corrected chi connectivity index (χ0v) is 10.1. The smallest absolute Gasteiger partial charge is 0.370 e. The fraction of sp³-hybridized carbons (Fsp3) is 0.727. The highest BCUT2D eigenvalue weighted by Gasteiger charge is 2.27. The SMILES string of the molecule is Cc1cn(C2CC2)c(NCCOCC(F)(F)F)n1. The molecule has 0 atom stereocenters. The van der Waals surface area contributed by atoms with Gasteiger partial charge in [-0.05, 0) is 19.8 Å². The van der Waals surface area contributed by atoms with E-state index in [1.54, 1.807) is 0 Å². The van der Waals surface area contributed by atoms with Crippen molar-refractivity contribution in [2.24, 2.45) is 0 Å². The van der Waals surface area contributed by atoms with Gasteiger partial charge in [0, 0.05) is 18.8 Å². The minimum Gasteiger partial charge on any atom is -0.370 e. The Morgan fingerprint density at radius 1 is 1.50 bits per heavy atom. The number of nitrogens with zero attached hydrogens (tertiary/aromatic N) is 2. The molecule has 18 heavy (non-hydrogen) atoms. The standard InChI is InChI=1S/C11H16F3N3O/c1-8-6-17(9-2-3-9)10(16-8)15-4-5-18-7-11(12,13)14/h6,9H,2-5,7H2,1H3,(H,15,16). The van der Waals surface area contributed by atoms with Crippen molar-refractivity contribution in [3.63, 3.8) is 0 Å². The van der Waals surface area contributed by atoms with Crippen LogP contribution >= 0.6 is 0 Å². The molecule has 0 saturated heterocycles. The van der Waals surface area contributed by atoms with Gasteiger partial charge >= 0.3 is 6.18 Å². The van der Waals surface area contributed by atoms with Crippen LogP contribution in [0.2, 0.25) is 0 Å². The first-order chi connectivity index (χ1) is 8.46. The van der Waals surface area contributed by atoms with E-state index in [4.69, 9.17) is 0 Å². The predicted octanol–water partition coefficient (Wildman–Crippen LogP) is 2.52. The molecular formula is C11H16F3N3O. The van der Waals surface area contributed by atoms with Gasteiger partial charge in [-0.3, -0.25) is 0 Å². The molecular weight excluding hydrogens is 247 g/mol. The molecule has 0 radical (unpaired) electrons.